The number of benzene rings is 4. The molecule has 0 spiro atoms. The molecule has 4 aromatic carbocycles. The first-order valence-electron chi connectivity index (χ1n) is 17.5. The van der Waals surface area contributed by atoms with Gasteiger partial charge in [0.05, 0.1) is 28.1 Å². The van der Waals surface area contributed by atoms with E-state index in [-0.39, 0.29) is 10.8 Å². The number of aryl methyl sites for hydroxylation is 1. The molecule has 0 unspecified atom stereocenters. The Morgan fingerprint density at radius 3 is 2.08 bits per heavy atom. The first-order chi connectivity index (χ1) is 23.5. The summed E-state index contributed by atoms with van der Waals surface area (Å²) < 4.78 is 11.0. The van der Waals surface area contributed by atoms with E-state index >= 15 is 0 Å². The quantitative estimate of drug-likeness (QED) is 0.173. The van der Waals surface area contributed by atoms with Crippen LogP contribution in [-0.2, 0) is 23.7 Å². The third kappa shape index (κ3) is 6.03. The van der Waals surface area contributed by atoms with Crippen molar-refractivity contribution in [2.24, 2.45) is 0 Å². The fourth-order valence-corrected chi connectivity index (χ4v) is 6.83. The predicted octanol–water partition coefficient (Wildman–Crippen LogP) is 11.5. The highest BCUT2D eigenvalue weighted by molar-refractivity contribution is 6.09. The number of fused-ring (bicyclic) bond motifs is 3. The second-order valence-electron chi connectivity index (χ2n) is 15.0. The minimum Gasteiger partial charge on any atom is -0.457 e. The smallest absolute Gasteiger partial charge is 0.137 e. The van der Waals surface area contributed by atoms with Crippen LogP contribution in [0.5, 0.6) is 11.5 Å². The van der Waals surface area contributed by atoms with Crippen LogP contribution >= 0.6 is 0 Å². The highest BCUT2D eigenvalue weighted by Gasteiger charge is 2.22. The Labute approximate surface area is 290 Å². The van der Waals surface area contributed by atoms with Crippen molar-refractivity contribution in [1.82, 2.24) is 19.3 Å². The summed E-state index contributed by atoms with van der Waals surface area (Å²) >= 11 is 0. The Morgan fingerprint density at radius 2 is 1.37 bits per heavy atom. The Morgan fingerprint density at radius 1 is 0.633 bits per heavy atom. The van der Waals surface area contributed by atoms with E-state index < -0.39 is 0 Å². The van der Waals surface area contributed by atoms with Crippen LogP contribution in [0.1, 0.15) is 77.9 Å². The van der Waals surface area contributed by atoms with Crippen LogP contribution in [0.3, 0.4) is 0 Å². The number of pyridine rings is 1. The first-order valence-corrected chi connectivity index (χ1v) is 17.5. The molecule has 0 aliphatic heterocycles. The number of hydrogen-bond acceptors (Lipinski definition) is 3. The molecule has 0 atom stereocenters. The average Bonchev–Trinajstić information content (AvgIpc) is 3.63. The van der Waals surface area contributed by atoms with E-state index in [1.54, 1.807) is 0 Å². The van der Waals surface area contributed by atoms with Crippen LogP contribution in [0, 0.1) is 0 Å². The summed E-state index contributed by atoms with van der Waals surface area (Å²) in [7, 11) is 0. The summed E-state index contributed by atoms with van der Waals surface area (Å²) in [6.07, 6.45) is 3.65. The molecular weight excluding hydrogens is 601 g/mol. The van der Waals surface area contributed by atoms with E-state index in [9.17, 15) is 0 Å². The van der Waals surface area contributed by atoms with Gasteiger partial charge in [-0.05, 0) is 88.9 Å². The zero-order valence-electron chi connectivity index (χ0n) is 30.0. The van der Waals surface area contributed by atoms with E-state index in [1.807, 2.05) is 18.3 Å². The molecule has 0 fully saturated rings. The van der Waals surface area contributed by atoms with Crippen molar-refractivity contribution < 1.29 is 4.74 Å². The van der Waals surface area contributed by atoms with Crippen molar-refractivity contribution in [3.05, 3.63) is 132 Å². The Balaban J connectivity index is 1.33. The van der Waals surface area contributed by atoms with Gasteiger partial charge in [-0.25, -0.2) is 9.67 Å². The number of nitrogens with zero attached hydrogens (tertiary/aromatic N) is 4. The second-order valence-corrected chi connectivity index (χ2v) is 15.0. The minimum atomic E-state index is 0.00110. The van der Waals surface area contributed by atoms with Crippen LogP contribution in [0.25, 0.3) is 44.4 Å². The summed E-state index contributed by atoms with van der Waals surface area (Å²) in [5.41, 5.74) is 10.5. The standard InChI is InChI=1S/C44H46N4O/c1-9-37-42(29-15-12-11-13-16-29)38(10-2)48(46-37)32-17-14-18-33(27-32)49-34-20-21-35-36-25-30(43(3,4)5)19-22-39(36)47(40(35)28-34)41-26-31(23-24-45-41)44(6,7)8/h11-28H,9-10H2,1-8H3. The molecule has 0 bridgehead atoms. The van der Waals surface area contributed by atoms with E-state index in [0.717, 1.165) is 52.6 Å². The van der Waals surface area contributed by atoms with Crippen LogP contribution in [0.15, 0.2) is 109 Å². The van der Waals surface area contributed by atoms with Gasteiger partial charge in [-0.1, -0.05) is 97.9 Å². The summed E-state index contributed by atoms with van der Waals surface area (Å²) in [6.45, 7) is 17.9. The van der Waals surface area contributed by atoms with Gasteiger partial charge in [0, 0.05) is 34.7 Å². The first kappa shape index (κ1) is 32.4. The lowest BCUT2D eigenvalue weighted by molar-refractivity contribution is 0.482. The highest BCUT2D eigenvalue weighted by atomic mass is 16.5. The highest BCUT2D eigenvalue weighted by Crippen LogP contribution is 2.38. The van der Waals surface area contributed by atoms with Crippen molar-refractivity contribution in [1.29, 1.82) is 0 Å². The summed E-state index contributed by atoms with van der Waals surface area (Å²) in [5.74, 6) is 2.44. The molecular formula is C44H46N4O. The molecule has 0 aliphatic carbocycles. The van der Waals surface area contributed by atoms with Crippen molar-refractivity contribution in [2.75, 3.05) is 0 Å². The summed E-state index contributed by atoms with van der Waals surface area (Å²) in [6, 6.07) is 36.4. The van der Waals surface area contributed by atoms with Gasteiger partial charge >= 0.3 is 0 Å². The third-order valence-electron chi connectivity index (χ3n) is 9.53. The van der Waals surface area contributed by atoms with E-state index in [2.05, 4.69) is 156 Å². The van der Waals surface area contributed by atoms with Crippen molar-refractivity contribution >= 4 is 21.8 Å². The Hall–Kier alpha value is -5.16. The molecule has 0 radical (unpaired) electrons. The average molecular weight is 647 g/mol. The molecule has 0 aliphatic rings. The zero-order chi connectivity index (χ0) is 34.5. The van der Waals surface area contributed by atoms with E-state index in [0.29, 0.717) is 0 Å². The zero-order valence-corrected chi connectivity index (χ0v) is 30.0. The minimum absolute atomic E-state index is 0.00110. The largest absolute Gasteiger partial charge is 0.457 e. The van der Waals surface area contributed by atoms with Gasteiger partial charge in [0.15, 0.2) is 0 Å². The number of aromatic nitrogens is 4. The SMILES string of the molecule is CCc1nn(-c2cccc(Oc3ccc4c5cc(C(C)(C)C)ccc5n(-c5cc(C(C)(C)C)ccn5)c4c3)c2)c(CC)c1-c1ccccc1. The van der Waals surface area contributed by atoms with Crippen LogP contribution < -0.4 is 4.74 Å². The van der Waals surface area contributed by atoms with Gasteiger partial charge in [0.2, 0.25) is 0 Å². The van der Waals surface area contributed by atoms with Crippen molar-refractivity contribution in [3.8, 4) is 34.1 Å². The van der Waals surface area contributed by atoms with Crippen LogP contribution in [0.2, 0.25) is 0 Å². The van der Waals surface area contributed by atoms with Crippen molar-refractivity contribution in [3.63, 3.8) is 0 Å². The van der Waals surface area contributed by atoms with Gasteiger partial charge in [-0.15, -0.1) is 0 Å². The lowest BCUT2D eigenvalue weighted by Crippen LogP contribution is -2.12. The molecule has 0 saturated heterocycles. The van der Waals surface area contributed by atoms with Gasteiger partial charge in [-0.3, -0.25) is 4.57 Å². The normalized spacial score (nSPS) is 12.2. The molecule has 3 aromatic heterocycles. The number of ether oxygens (including phenoxy) is 1. The van der Waals surface area contributed by atoms with E-state index in [4.69, 9.17) is 14.8 Å². The molecule has 7 rings (SSSR count). The third-order valence-corrected chi connectivity index (χ3v) is 9.53. The predicted molar refractivity (Wildman–Crippen MR) is 204 cm³/mol. The fourth-order valence-electron chi connectivity index (χ4n) is 6.83. The number of hydrogen-bond donors (Lipinski definition) is 0. The number of rotatable bonds is 7. The van der Waals surface area contributed by atoms with E-state index in [1.165, 1.54) is 38.7 Å². The molecule has 7 aromatic rings. The Bertz CT molecular complexity index is 2290. The maximum Gasteiger partial charge on any atom is 0.137 e. The fraction of sp³-hybridized carbons (Fsp3) is 0.273. The van der Waals surface area contributed by atoms with Crippen molar-refractivity contribution in [2.45, 2.75) is 79.1 Å². The molecule has 0 N–H and O–H groups in total. The maximum atomic E-state index is 6.64. The molecule has 0 amide bonds. The summed E-state index contributed by atoms with van der Waals surface area (Å²) in [5, 5.41) is 7.49. The molecule has 0 saturated carbocycles. The second kappa shape index (κ2) is 12.4. The lowest BCUT2D eigenvalue weighted by Gasteiger charge is -2.20. The molecule has 5 nitrogen and oxygen atoms in total. The summed E-state index contributed by atoms with van der Waals surface area (Å²) in [4.78, 5) is 4.89. The van der Waals surface area contributed by atoms with Crippen LogP contribution in [-0.4, -0.2) is 19.3 Å². The maximum absolute atomic E-state index is 6.64. The molecule has 49 heavy (non-hydrogen) atoms. The monoisotopic (exact) mass is 646 g/mol. The van der Waals surface area contributed by atoms with Gasteiger partial charge < -0.3 is 4.74 Å². The van der Waals surface area contributed by atoms with Gasteiger partial charge in [0.1, 0.15) is 17.3 Å². The topological polar surface area (TPSA) is 44.9 Å². The lowest BCUT2D eigenvalue weighted by atomic mass is 9.86. The van der Waals surface area contributed by atoms with Crippen LogP contribution in [0.4, 0.5) is 0 Å². The molecule has 3 heterocycles. The Kier molecular flexibility index (Phi) is 8.18. The van der Waals surface area contributed by atoms with Gasteiger partial charge in [-0.2, -0.15) is 5.10 Å². The van der Waals surface area contributed by atoms with Gasteiger partial charge in [0.25, 0.3) is 0 Å². The molecule has 248 valence electrons. The molecule has 5 heteroatoms.